The van der Waals surface area contributed by atoms with E-state index in [0.717, 1.165) is 5.56 Å². The van der Waals surface area contributed by atoms with Crippen LogP contribution in [0, 0.1) is 0 Å². The van der Waals surface area contributed by atoms with Crippen LogP contribution in [-0.2, 0) is 22.6 Å². The van der Waals surface area contributed by atoms with E-state index < -0.39 is 12.0 Å². The highest BCUT2D eigenvalue weighted by Gasteiger charge is 2.27. The van der Waals surface area contributed by atoms with Crippen LogP contribution in [0.5, 0.6) is 0 Å². The molecular weight excluding hydrogens is 244 g/mol. The zero-order chi connectivity index (χ0) is 13.8. The highest BCUT2D eigenvalue weighted by Crippen LogP contribution is 2.16. The maximum absolute atomic E-state index is 12.0. The molecule has 5 heteroatoms. The Kier molecular flexibility index (Phi) is 4.16. The predicted octanol–water partition coefficient (Wildman–Crippen LogP) is 0.680. The van der Waals surface area contributed by atoms with Gasteiger partial charge in [0.25, 0.3) is 0 Å². The Labute approximate surface area is 112 Å². The van der Waals surface area contributed by atoms with Crippen molar-refractivity contribution >= 4 is 11.9 Å². The smallest absolute Gasteiger partial charge is 0.326 e. The highest BCUT2D eigenvalue weighted by atomic mass is 16.4. The molecule has 19 heavy (non-hydrogen) atoms. The summed E-state index contributed by atoms with van der Waals surface area (Å²) in [5.74, 6) is -1.24. The summed E-state index contributed by atoms with van der Waals surface area (Å²) < 4.78 is 0. The summed E-state index contributed by atoms with van der Waals surface area (Å²) in [4.78, 5) is 23.0. The van der Waals surface area contributed by atoms with E-state index in [4.69, 9.17) is 5.11 Å². The summed E-state index contributed by atoms with van der Waals surface area (Å²) in [6.07, 6.45) is 0.975. The Hall–Kier alpha value is -1.88. The first-order chi connectivity index (χ1) is 9.11. The SMILES string of the molecule is CCC(NC(=O)[C@H]1Cc2ccccc2CN1)C(=O)O. The molecule has 0 fully saturated rings. The number of carboxylic acid groups (broad SMARTS) is 1. The third-order valence-corrected chi connectivity index (χ3v) is 3.42. The molecular formula is C14H18N2O3. The average molecular weight is 262 g/mol. The Morgan fingerprint density at radius 1 is 1.42 bits per heavy atom. The van der Waals surface area contributed by atoms with Crippen LogP contribution in [0.15, 0.2) is 24.3 Å². The minimum atomic E-state index is -0.993. The van der Waals surface area contributed by atoms with Crippen LogP contribution in [0.1, 0.15) is 24.5 Å². The van der Waals surface area contributed by atoms with Gasteiger partial charge in [0.2, 0.25) is 5.91 Å². The van der Waals surface area contributed by atoms with E-state index >= 15 is 0 Å². The third kappa shape index (κ3) is 3.12. The monoisotopic (exact) mass is 262 g/mol. The van der Waals surface area contributed by atoms with Gasteiger partial charge in [0.1, 0.15) is 6.04 Å². The lowest BCUT2D eigenvalue weighted by atomic mass is 9.95. The first kappa shape index (κ1) is 13.5. The van der Waals surface area contributed by atoms with Gasteiger partial charge in [-0.1, -0.05) is 31.2 Å². The van der Waals surface area contributed by atoms with Crippen LogP contribution in [0.2, 0.25) is 0 Å². The number of nitrogens with one attached hydrogen (secondary N) is 2. The van der Waals surface area contributed by atoms with Gasteiger partial charge in [0.15, 0.2) is 0 Å². The molecule has 0 spiro atoms. The zero-order valence-electron chi connectivity index (χ0n) is 10.8. The molecule has 5 nitrogen and oxygen atoms in total. The van der Waals surface area contributed by atoms with Gasteiger partial charge in [0.05, 0.1) is 6.04 Å². The molecule has 2 rings (SSSR count). The molecule has 0 aliphatic carbocycles. The summed E-state index contributed by atoms with van der Waals surface area (Å²) in [5.41, 5.74) is 2.33. The summed E-state index contributed by atoms with van der Waals surface area (Å²) in [5, 5.41) is 14.6. The predicted molar refractivity (Wildman–Crippen MR) is 70.6 cm³/mol. The van der Waals surface area contributed by atoms with E-state index in [-0.39, 0.29) is 11.9 Å². The van der Waals surface area contributed by atoms with Gasteiger partial charge in [-0.3, -0.25) is 4.79 Å². The zero-order valence-corrected chi connectivity index (χ0v) is 10.8. The fourth-order valence-electron chi connectivity index (χ4n) is 2.25. The normalized spacial score (nSPS) is 19.3. The van der Waals surface area contributed by atoms with E-state index in [1.807, 2.05) is 24.3 Å². The van der Waals surface area contributed by atoms with Crippen LogP contribution in [0.25, 0.3) is 0 Å². The van der Waals surface area contributed by atoms with Crippen LogP contribution in [-0.4, -0.2) is 29.1 Å². The van der Waals surface area contributed by atoms with Crippen molar-refractivity contribution in [3.8, 4) is 0 Å². The third-order valence-electron chi connectivity index (χ3n) is 3.42. The van der Waals surface area contributed by atoms with E-state index in [2.05, 4.69) is 10.6 Å². The van der Waals surface area contributed by atoms with Gasteiger partial charge in [-0.25, -0.2) is 4.79 Å². The Balaban J connectivity index is 2.01. The summed E-state index contributed by atoms with van der Waals surface area (Å²) in [6.45, 7) is 2.38. The lowest BCUT2D eigenvalue weighted by Gasteiger charge is -2.26. The lowest BCUT2D eigenvalue weighted by molar-refractivity contribution is -0.142. The number of benzene rings is 1. The Morgan fingerprint density at radius 3 is 2.74 bits per heavy atom. The lowest BCUT2D eigenvalue weighted by Crippen LogP contribution is -2.52. The Bertz CT molecular complexity index is 487. The number of amides is 1. The van der Waals surface area contributed by atoms with Gasteiger partial charge in [0, 0.05) is 6.54 Å². The second-order valence-electron chi connectivity index (χ2n) is 4.71. The molecule has 1 aliphatic rings. The van der Waals surface area contributed by atoms with Gasteiger partial charge < -0.3 is 15.7 Å². The molecule has 0 aromatic heterocycles. The van der Waals surface area contributed by atoms with Gasteiger partial charge in [-0.05, 0) is 24.0 Å². The first-order valence-corrected chi connectivity index (χ1v) is 6.45. The van der Waals surface area contributed by atoms with Crippen molar-refractivity contribution in [2.45, 2.75) is 38.4 Å². The molecule has 1 unspecified atom stereocenters. The van der Waals surface area contributed by atoms with E-state index in [1.165, 1.54) is 5.56 Å². The van der Waals surface area contributed by atoms with Crippen molar-refractivity contribution in [2.24, 2.45) is 0 Å². The van der Waals surface area contributed by atoms with Gasteiger partial charge >= 0.3 is 5.97 Å². The minimum Gasteiger partial charge on any atom is -0.480 e. The largest absolute Gasteiger partial charge is 0.480 e. The molecule has 3 N–H and O–H groups in total. The number of rotatable bonds is 4. The van der Waals surface area contributed by atoms with Crippen LogP contribution in [0.4, 0.5) is 0 Å². The number of aliphatic carboxylic acids is 1. The number of carbonyl (C=O) groups is 2. The number of carbonyl (C=O) groups excluding carboxylic acids is 1. The molecule has 102 valence electrons. The standard InChI is InChI=1S/C14H18N2O3/c1-2-11(14(18)19)16-13(17)12-7-9-5-3-4-6-10(9)8-15-12/h3-6,11-12,15H,2,7-8H2,1H3,(H,16,17)(H,18,19)/t11?,12-/m1/s1. The highest BCUT2D eigenvalue weighted by molar-refractivity contribution is 5.87. The van der Waals surface area contributed by atoms with E-state index in [0.29, 0.717) is 19.4 Å². The van der Waals surface area contributed by atoms with Crippen molar-refractivity contribution in [3.05, 3.63) is 35.4 Å². The summed E-state index contributed by atoms with van der Waals surface area (Å²) in [7, 11) is 0. The van der Waals surface area contributed by atoms with E-state index in [9.17, 15) is 9.59 Å². The molecule has 0 radical (unpaired) electrons. The Morgan fingerprint density at radius 2 is 2.11 bits per heavy atom. The second-order valence-corrected chi connectivity index (χ2v) is 4.71. The molecule has 1 heterocycles. The fraction of sp³-hybridized carbons (Fsp3) is 0.429. The molecule has 0 bridgehead atoms. The van der Waals surface area contributed by atoms with Crippen molar-refractivity contribution in [1.82, 2.24) is 10.6 Å². The maximum atomic E-state index is 12.0. The van der Waals surface area contributed by atoms with Gasteiger partial charge in [-0.2, -0.15) is 0 Å². The summed E-state index contributed by atoms with van der Waals surface area (Å²) >= 11 is 0. The minimum absolute atomic E-state index is 0.247. The average Bonchev–Trinajstić information content (AvgIpc) is 2.43. The number of hydrogen-bond donors (Lipinski definition) is 3. The number of fused-ring (bicyclic) bond motifs is 1. The van der Waals surface area contributed by atoms with Gasteiger partial charge in [-0.15, -0.1) is 0 Å². The number of carboxylic acids is 1. The van der Waals surface area contributed by atoms with Crippen molar-refractivity contribution in [3.63, 3.8) is 0 Å². The topological polar surface area (TPSA) is 78.4 Å². The van der Waals surface area contributed by atoms with Crippen molar-refractivity contribution in [1.29, 1.82) is 0 Å². The van der Waals surface area contributed by atoms with Crippen molar-refractivity contribution < 1.29 is 14.7 Å². The quantitative estimate of drug-likeness (QED) is 0.745. The molecule has 1 aromatic rings. The first-order valence-electron chi connectivity index (χ1n) is 6.45. The molecule has 1 aromatic carbocycles. The molecule has 1 aliphatic heterocycles. The van der Waals surface area contributed by atoms with E-state index in [1.54, 1.807) is 6.92 Å². The van der Waals surface area contributed by atoms with Crippen LogP contribution >= 0.6 is 0 Å². The summed E-state index contributed by atoms with van der Waals surface area (Å²) in [6, 6.07) is 6.78. The maximum Gasteiger partial charge on any atom is 0.326 e. The van der Waals surface area contributed by atoms with Crippen molar-refractivity contribution in [2.75, 3.05) is 0 Å². The molecule has 0 saturated carbocycles. The fourth-order valence-corrected chi connectivity index (χ4v) is 2.25. The van der Waals surface area contributed by atoms with Crippen LogP contribution in [0.3, 0.4) is 0 Å². The van der Waals surface area contributed by atoms with Crippen LogP contribution < -0.4 is 10.6 Å². The second kappa shape index (κ2) is 5.84. The molecule has 0 saturated heterocycles. The number of hydrogen-bond acceptors (Lipinski definition) is 3. The molecule has 2 atom stereocenters. The molecule has 1 amide bonds.